The second-order valence-electron chi connectivity index (χ2n) is 4.88. The van der Waals surface area contributed by atoms with Crippen LogP contribution in [-0.4, -0.2) is 23.6 Å². The summed E-state index contributed by atoms with van der Waals surface area (Å²) >= 11 is 12.1. The lowest BCUT2D eigenvalue weighted by atomic mass is 10.1. The number of benzene rings is 1. The van der Waals surface area contributed by atoms with Gasteiger partial charge in [0.2, 0.25) is 0 Å². The Morgan fingerprint density at radius 1 is 1.29 bits per heavy atom. The number of halogens is 2. The first-order valence-corrected chi connectivity index (χ1v) is 7.51. The van der Waals surface area contributed by atoms with Gasteiger partial charge in [-0.2, -0.15) is 0 Å². The second-order valence-corrected chi connectivity index (χ2v) is 5.72. The van der Waals surface area contributed by atoms with Crippen molar-refractivity contribution in [2.24, 2.45) is 0 Å². The van der Waals surface area contributed by atoms with Gasteiger partial charge in [0.1, 0.15) is 11.6 Å². The van der Waals surface area contributed by atoms with Crippen LogP contribution in [0.4, 0.5) is 5.82 Å². The fourth-order valence-corrected chi connectivity index (χ4v) is 2.88. The van der Waals surface area contributed by atoms with E-state index in [0.29, 0.717) is 29.7 Å². The number of rotatable bonds is 3. The highest BCUT2D eigenvalue weighted by Crippen LogP contribution is 2.25. The Balaban J connectivity index is 1.95. The molecule has 0 bridgehead atoms. The number of aromatic nitrogens is 2. The molecule has 110 valence electrons. The molecule has 0 aliphatic carbocycles. The summed E-state index contributed by atoms with van der Waals surface area (Å²) in [5, 5.41) is 4.38. The van der Waals surface area contributed by atoms with Gasteiger partial charge in [0.25, 0.3) is 0 Å². The van der Waals surface area contributed by atoms with Crippen molar-refractivity contribution in [3.8, 4) is 0 Å². The Labute approximate surface area is 133 Å². The van der Waals surface area contributed by atoms with Gasteiger partial charge >= 0.3 is 0 Å². The maximum atomic E-state index is 6.22. The zero-order chi connectivity index (χ0) is 14.8. The van der Waals surface area contributed by atoms with Crippen molar-refractivity contribution < 1.29 is 4.74 Å². The summed E-state index contributed by atoms with van der Waals surface area (Å²) in [6.45, 7) is 1.27. The summed E-state index contributed by atoms with van der Waals surface area (Å²) in [5.41, 5.74) is 3.07. The van der Waals surface area contributed by atoms with E-state index in [9.17, 15) is 0 Å². The van der Waals surface area contributed by atoms with Crippen LogP contribution in [0.25, 0.3) is 0 Å². The largest absolute Gasteiger partial charge is 0.376 e. The first kappa shape index (κ1) is 14.6. The summed E-state index contributed by atoms with van der Waals surface area (Å²) in [6.07, 6.45) is 1.40. The maximum Gasteiger partial charge on any atom is 0.135 e. The third-order valence-electron chi connectivity index (χ3n) is 3.47. The highest BCUT2D eigenvalue weighted by molar-refractivity contribution is 6.35. The molecule has 6 heteroatoms. The molecule has 2 heterocycles. The van der Waals surface area contributed by atoms with Gasteiger partial charge in [0, 0.05) is 35.5 Å². The van der Waals surface area contributed by atoms with Gasteiger partial charge in [0.05, 0.1) is 18.9 Å². The van der Waals surface area contributed by atoms with Gasteiger partial charge in [-0.15, -0.1) is 0 Å². The highest BCUT2D eigenvalue weighted by atomic mass is 35.5. The molecule has 1 aliphatic rings. The van der Waals surface area contributed by atoms with Crippen LogP contribution in [-0.2, 0) is 24.2 Å². The Morgan fingerprint density at radius 2 is 2.14 bits per heavy atom. The number of nitrogens with zero attached hydrogens (tertiary/aromatic N) is 2. The molecule has 0 atom stereocenters. The van der Waals surface area contributed by atoms with E-state index in [1.54, 1.807) is 6.07 Å². The predicted octanol–water partition coefficient (Wildman–Crippen LogP) is 3.49. The van der Waals surface area contributed by atoms with Crippen LogP contribution in [0.2, 0.25) is 10.0 Å². The lowest BCUT2D eigenvalue weighted by Gasteiger charge is -2.19. The van der Waals surface area contributed by atoms with Crippen LogP contribution in [0.15, 0.2) is 18.2 Å². The number of hydrogen-bond donors (Lipinski definition) is 1. The standard InChI is InChI=1S/C15H15Cl2N3O/c1-18-15-11-8-21-5-4-13(11)19-14(20-15)6-9-2-3-10(16)7-12(9)17/h2-3,7H,4-6,8H2,1H3,(H,18,19,20). The fourth-order valence-electron chi connectivity index (χ4n) is 2.40. The molecule has 21 heavy (non-hydrogen) atoms. The molecule has 4 nitrogen and oxygen atoms in total. The smallest absolute Gasteiger partial charge is 0.135 e. The van der Waals surface area contributed by atoms with E-state index in [4.69, 9.17) is 27.9 Å². The molecular formula is C15H15Cl2N3O. The van der Waals surface area contributed by atoms with Crippen LogP contribution < -0.4 is 5.32 Å². The van der Waals surface area contributed by atoms with E-state index < -0.39 is 0 Å². The molecule has 0 saturated heterocycles. The number of anilines is 1. The van der Waals surface area contributed by atoms with Crippen LogP contribution in [0, 0.1) is 0 Å². The first-order valence-electron chi connectivity index (χ1n) is 6.75. The SMILES string of the molecule is CNc1nc(Cc2ccc(Cl)cc2Cl)nc2c1COCC2. The van der Waals surface area contributed by atoms with Crippen molar-refractivity contribution in [1.29, 1.82) is 0 Å². The van der Waals surface area contributed by atoms with Crippen LogP contribution >= 0.6 is 23.2 Å². The minimum atomic E-state index is 0.563. The van der Waals surface area contributed by atoms with Gasteiger partial charge < -0.3 is 10.1 Å². The topological polar surface area (TPSA) is 47.0 Å². The van der Waals surface area contributed by atoms with Crippen molar-refractivity contribution in [3.05, 3.63) is 50.9 Å². The number of ether oxygens (including phenoxy) is 1. The average Bonchev–Trinajstić information content (AvgIpc) is 2.49. The average molecular weight is 324 g/mol. The van der Waals surface area contributed by atoms with Crippen molar-refractivity contribution in [3.63, 3.8) is 0 Å². The van der Waals surface area contributed by atoms with Crippen molar-refractivity contribution in [2.45, 2.75) is 19.4 Å². The highest BCUT2D eigenvalue weighted by Gasteiger charge is 2.18. The van der Waals surface area contributed by atoms with Gasteiger partial charge in [-0.3, -0.25) is 0 Å². The molecule has 1 aliphatic heterocycles. The lowest BCUT2D eigenvalue weighted by molar-refractivity contribution is 0.109. The van der Waals surface area contributed by atoms with Crippen molar-refractivity contribution in [2.75, 3.05) is 19.0 Å². The zero-order valence-corrected chi connectivity index (χ0v) is 13.1. The van der Waals surface area contributed by atoms with Gasteiger partial charge in [-0.05, 0) is 17.7 Å². The molecule has 0 amide bonds. The molecule has 1 aromatic heterocycles. The van der Waals surface area contributed by atoms with E-state index in [2.05, 4.69) is 15.3 Å². The number of fused-ring (bicyclic) bond motifs is 1. The van der Waals surface area contributed by atoms with Gasteiger partial charge in [0.15, 0.2) is 0 Å². The lowest BCUT2D eigenvalue weighted by Crippen LogP contribution is -2.17. The zero-order valence-electron chi connectivity index (χ0n) is 11.6. The Morgan fingerprint density at radius 3 is 2.90 bits per heavy atom. The monoisotopic (exact) mass is 323 g/mol. The van der Waals surface area contributed by atoms with Crippen LogP contribution in [0.3, 0.4) is 0 Å². The molecule has 0 unspecified atom stereocenters. The van der Waals surface area contributed by atoms with E-state index in [1.165, 1.54) is 0 Å². The fraction of sp³-hybridized carbons (Fsp3) is 0.333. The van der Waals surface area contributed by atoms with Crippen molar-refractivity contribution in [1.82, 2.24) is 9.97 Å². The summed E-state index contributed by atoms with van der Waals surface area (Å²) in [6, 6.07) is 5.48. The quantitative estimate of drug-likeness (QED) is 0.939. The molecule has 3 rings (SSSR count). The van der Waals surface area contributed by atoms with E-state index >= 15 is 0 Å². The summed E-state index contributed by atoms with van der Waals surface area (Å²) in [7, 11) is 1.86. The first-order chi connectivity index (χ1) is 10.2. The summed E-state index contributed by atoms with van der Waals surface area (Å²) in [5.74, 6) is 1.59. The minimum absolute atomic E-state index is 0.563. The van der Waals surface area contributed by atoms with E-state index in [0.717, 1.165) is 34.9 Å². The minimum Gasteiger partial charge on any atom is -0.376 e. The maximum absolute atomic E-state index is 6.22. The molecule has 0 spiro atoms. The molecule has 0 saturated carbocycles. The van der Waals surface area contributed by atoms with Crippen LogP contribution in [0.5, 0.6) is 0 Å². The normalized spacial score (nSPS) is 13.9. The Bertz CT molecular complexity index is 659. The molecule has 0 radical (unpaired) electrons. The molecule has 1 aromatic carbocycles. The van der Waals surface area contributed by atoms with Crippen LogP contribution in [0.1, 0.15) is 22.6 Å². The van der Waals surface area contributed by atoms with E-state index in [-0.39, 0.29) is 0 Å². The third kappa shape index (κ3) is 3.12. The predicted molar refractivity (Wildman–Crippen MR) is 84.2 cm³/mol. The number of hydrogen-bond acceptors (Lipinski definition) is 4. The Kier molecular flexibility index (Phi) is 4.29. The molecule has 1 N–H and O–H groups in total. The third-order valence-corrected chi connectivity index (χ3v) is 4.06. The van der Waals surface area contributed by atoms with Crippen molar-refractivity contribution >= 4 is 29.0 Å². The van der Waals surface area contributed by atoms with Gasteiger partial charge in [-0.25, -0.2) is 9.97 Å². The summed E-state index contributed by atoms with van der Waals surface area (Å²) in [4.78, 5) is 9.23. The summed E-state index contributed by atoms with van der Waals surface area (Å²) < 4.78 is 5.47. The Hall–Kier alpha value is -1.36. The van der Waals surface area contributed by atoms with Gasteiger partial charge in [-0.1, -0.05) is 29.3 Å². The number of nitrogens with one attached hydrogen (secondary N) is 1. The molecule has 0 fully saturated rings. The second kappa shape index (κ2) is 6.18. The molecular weight excluding hydrogens is 309 g/mol. The molecule has 2 aromatic rings. The van der Waals surface area contributed by atoms with E-state index in [1.807, 2.05) is 19.2 Å².